The number of rotatable bonds is 8. The first-order valence-corrected chi connectivity index (χ1v) is 9.63. The third-order valence-electron chi connectivity index (χ3n) is 3.84. The monoisotopic (exact) mass is 415 g/mol. The van der Waals surface area contributed by atoms with Crippen LogP contribution in [0, 0.1) is 0 Å². The van der Waals surface area contributed by atoms with Crippen LogP contribution in [-0.2, 0) is 15.8 Å². The van der Waals surface area contributed by atoms with E-state index in [1.54, 1.807) is 4.90 Å². The SMILES string of the molecule is CCN(CC)C(=O)CSCC(=O)Nc1cc(C(F)(F)F)ccc1-n1cncn1. The van der Waals surface area contributed by atoms with Crippen LogP contribution in [-0.4, -0.2) is 56.1 Å². The molecular weight excluding hydrogens is 395 g/mol. The predicted octanol–water partition coefficient (Wildman–Crippen LogP) is 2.83. The van der Waals surface area contributed by atoms with Crippen molar-refractivity contribution in [2.45, 2.75) is 20.0 Å². The average molecular weight is 415 g/mol. The van der Waals surface area contributed by atoms with E-state index in [9.17, 15) is 22.8 Å². The van der Waals surface area contributed by atoms with E-state index in [4.69, 9.17) is 0 Å². The summed E-state index contributed by atoms with van der Waals surface area (Å²) in [6.07, 6.45) is -2.00. The van der Waals surface area contributed by atoms with Gasteiger partial charge in [-0.05, 0) is 32.0 Å². The van der Waals surface area contributed by atoms with Gasteiger partial charge in [-0.1, -0.05) is 0 Å². The Morgan fingerprint density at radius 1 is 1.21 bits per heavy atom. The molecule has 0 atom stereocenters. The Hall–Kier alpha value is -2.56. The zero-order valence-corrected chi connectivity index (χ0v) is 16.2. The zero-order chi connectivity index (χ0) is 20.7. The van der Waals surface area contributed by atoms with Crippen LogP contribution in [0.25, 0.3) is 5.69 Å². The van der Waals surface area contributed by atoms with Crippen LogP contribution in [0.2, 0.25) is 0 Å². The van der Waals surface area contributed by atoms with E-state index in [0.717, 1.165) is 23.9 Å². The Balaban J connectivity index is 2.08. The number of halogens is 3. The Morgan fingerprint density at radius 2 is 1.93 bits per heavy atom. The van der Waals surface area contributed by atoms with E-state index in [0.29, 0.717) is 13.1 Å². The molecule has 1 heterocycles. The quantitative estimate of drug-likeness (QED) is 0.717. The predicted molar refractivity (Wildman–Crippen MR) is 100 cm³/mol. The van der Waals surface area contributed by atoms with Gasteiger partial charge in [0.1, 0.15) is 12.7 Å². The third-order valence-corrected chi connectivity index (χ3v) is 4.76. The highest BCUT2D eigenvalue weighted by Crippen LogP contribution is 2.33. The minimum atomic E-state index is -4.55. The zero-order valence-electron chi connectivity index (χ0n) is 15.4. The van der Waals surface area contributed by atoms with Crippen LogP contribution in [0.1, 0.15) is 19.4 Å². The molecule has 0 saturated heterocycles. The van der Waals surface area contributed by atoms with E-state index in [1.165, 1.54) is 23.4 Å². The highest BCUT2D eigenvalue weighted by Gasteiger charge is 2.31. The van der Waals surface area contributed by atoms with Gasteiger partial charge in [0.25, 0.3) is 0 Å². The first kappa shape index (κ1) is 21.7. The fraction of sp³-hybridized carbons (Fsp3) is 0.412. The molecule has 2 rings (SSSR count). The number of aromatic nitrogens is 3. The molecule has 0 aliphatic carbocycles. The fourth-order valence-corrected chi connectivity index (χ4v) is 3.15. The van der Waals surface area contributed by atoms with E-state index in [2.05, 4.69) is 15.4 Å². The third kappa shape index (κ3) is 5.72. The van der Waals surface area contributed by atoms with Crippen LogP contribution >= 0.6 is 11.8 Å². The minimum absolute atomic E-state index is 0.0407. The summed E-state index contributed by atoms with van der Waals surface area (Å²) in [6.45, 7) is 4.87. The molecule has 0 aliphatic heterocycles. The van der Waals surface area contributed by atoms with Gasteiger partial charge >= 0.3 is 6.18 Å². The van der Waals surface area contributed by atoms with Crippen molar-refractivity contribution in [2.24, 2.45) is 0 Å². The summed E-state index contributed by atoms with van der Waals surface area (Å²) >= 11 is 1.10. The maximum Gasteiger partial charge on any atom is 0.416 e. The van der Waals surface area contributed by atoms with Crippen molar-refractivity contribution in [2.75, 3.05) is 29.9 Å². The van der Waals surface area contributed by atoms with E-state index in [-0.39, 0.29) is 28.8 Å². The summed E-state index contributed by atoms with van der Waals surface area (Å²) in [5.74, 6) is -0.559. The van der Waals surface area contributed by atoms with Gasteiger partial charge in [0.05, 0.1) is 28.4 Å². The summed E-state index contributed by atoms with van der Waals surface area (Å²) in [4.78, 5) is 29.5. The number of nitrogens with zero attached hydrogens (tertiary/aromatic N) is 4. The number of thioether (sulfide) groups is 1. The molecule has 0 unspecified atom stereocenters. The Morgan fingerprint density at radius 3 is 2.50 bits per heavy atom. The summed E-state index contributed by atoms with van der Waals surface area (Å²) < 4.78 is 40.3. The molecular formula is C17H20F3N5O2S. The van der Waals surface area contributed by atoms with Crippen molar-refractivity contribution in [1.29, 1.82) is 0 Å². The lowest BCUT2D eigenvalue weighted by Gasteiger charge is -2.18. The van der Waals surface area contributed by atoms with E-state index in [1.807, 2.05) is 13.8 Å². The van der Waals surface area contributed by atoms with Crippen LogP contribution in [0.5, 0.6) is 0 Å². The molecule has 7 nitrogen and oxygen atoms in total. The van der Waals surface area contributed by atoms with E-state index >= 15 is 0 Å². The van der Waals surface area contributed by atoms with Crippen LogP contribution < -0.4 is 5.32 Å². The lowest BCUT2D eigenvalue weighted by atomic mass is 10.1. The maximum absolute atomic E-state index is 13.0. The minimum Gasteiger partial charge on any atom is -0.343 e. The molecule has 28 heavy (non-hydrogen) atoms. The van der Waals surface area contributed by atoms with Gasteiger partial charge in [-0.25, -0.2) is 9.67 Å². The van der Waals surface area contributed by atoms with Crippen molar-refractivity contribution in [3.8, 4) is 5.69 Å². The molecule has 0 radical (unpaired) electrons. The Labute approximate surface area is 164 Å². The lowest BCUT2D eigenvalue weighted by Crippen LogP contribution is -2.32. The highest BCUT2D eigenvalue weighted by atomic mass is 32.2. The number of hydrogen-bond donors (Lipinski definition) is 1. The smallest absolute Gasteiger partial charge is 0.343 e. The molecule has 11 heteroatoms. The standard InChI is InChI=1S/C17H20F3N5O2S/c1-3-24(4-2)16(27)9-28-8-15(26)23-13-7-12(17(18,19)20)5-6-14(13)25-11-21-10-22-25/h5-7,10-11H,3-4,8-9H2,1-2H3,(H,23,26). The first-order chi connectivity index (χ1) is 13.3. The molecule has 0 aliphatic rings. The Bertz CT molecular complexity index is 808. The number of nitrogens with one attached hydrogen (secondary N) is 1. The van der Waals surface area contributed by atoms with Crippen LogP contribution in [0.3, 0.4) is 0 Å². The number of anilines is 1. The van der Waals surface area contributed by atoms with Crippen molar-refractivity contribution in [1.82, 2.24) is 19.7 Å². The number of hydrogen-bond acceptors (Lipinski definition) is 5. The molecule has 1 N–H and O–H groups in total. The van der Waals surface area contributed by atoms with Crippen molar-refractivity contribution in [3.63, 3.8) is 0 Å². The largest absolute Gasteiger partial charge is 0.416 e. The summed E-state index contributed by atoms with van der Waals surface area (Å²) in [7, 11) is 0. The lowest BCUT2D eigenvalue weighted by molar-refractivity contribution is -0.137. The van der Waals surface area contributed by atoms with Crippen LogP contribution in [0.4, 0.5) is 18.9 Å². The van der Waals surface area contributed by atoms with Gasteiger partial charge in [-0.3, -0.25) is 9.59 Å². The number of benzene rings is 1. The topological polar surface area (TPSA) is 80.1 Å². The number of amides is 2. The van der Waals surface area contributed by atoms with Crippen LogP contribution in [0.15, 0.2) is 30.9 Å². The Kier molecular flexibility index (Phi) is 7.44. The first-order valence-electron chi connectivity index (χ1n) is 8.47. The fourth-order valence-electron chi connectivity index (χ4n) is 2.43. The van der Waals surface area contributed by atoms with Crippen molar-refractivity contribution < 1.29 is 22.8 Å². The molecule has 0 spiro atoms. The maximum atomic E-state index is 13.0. The second-order valence-electron chi connectivity index (χ2n) is 5.68. The van der Waals surface area contributed by atoms with Crippen molar-refractivity contribution in [3.05, 3.63) is 36.4 Å². The van der Waals surface area contributed by atoms with Gasteiger partial charge < -0.3 is 10.2 Å². The molecule has 0 saturated carbocycles. The number of alkyl halides is 3. The van der Waals surface area contributed by atoms with Gasteiger partial charge in [0.15, 0.2) is 0 Å². The van der Waals surface area contributed by atoms with E-state index < -0.39 is 17.6 Å². The van der Waals surface area contributed by atoms with Crippen molar-refractivity contribution >= 4 is 29.3 Å². The van der Waals surface area contributed by atoms with Gasteiger partial charge in [0.2, 0.25) is 11.8 Å². The highest BCUT2D eigenvalue weighted by molar-refractivity contribution is 8.00. The molecule has 1 aromatic carbocycles. The van der Waals surface area contributed by atoms with Gasteiger partial charge in [0, 0.05) is 13.1 Å². The normalized spacial score (nSPS) is 11.3. The summed E-state index contributed by atoms with van der Waals surface area (Å²) in [5, 5.41) is 6.36. The molecule has 0 bridgehead atoms. The number of carbonyl (C=O) groups is 2. The number of carbonyl (C=O) groups excluding carboxylic acids is 2. The van der Waals surface area contributed by atoms with Gasteiger partial charge in [-0.2, -0.15) is 18.3 Å². The second-order valence-corrected chi connectivity index (χ2v) is 6.66. The molecule has 2 amide bonds. The molecule has 1 aromatic heterocycles. The summed E-state index contributed by atoms with van der Waals surface area (Å²) in [5.41, 5.74) is -0.680. The molecule has 2 aromatic rings. The average Bonchev–Trinajstić information content (AvgIpc) is 3.16. The van der Waals surface area contributed by atoms with Gasteiger partial charge in [-0.15, -0.1) is 11.8 Å². The molecule has 152 valence electrons. The summed E-state index contributed by atoms with van der Waals surface area (Å²) in [6, 6.07) is 2.97. The molecule has 0 fully saturated rings. The second kappa shape index (κ2) is 9.58.